The van der Waals surface area contributed by atoms with Crippen LogP contribution in [0.15, 0.2) is 23.4 Å². The average molecular weight is 311 g/mol. The molecule has 21 heavy (non-hydrogen) atoms. The molecule has 2 fully saturated rings. The van der Waals surface area contributed by atoms with Crippen LogP contribution in [0, 0.1) is 0 Å². The summed E-state index contributed by atoms with van der Waals surface area (Å²) < 4.78 is 31.8. The van der Waals surface area contributed by atoms with Crippen molar-refractivity contribution in [1.82, 2.24) is 14.6 Å². The third-order valence-corrected chi connectivity index (χ3v) is 5.57. The van der Waals surface area contributed by atoms with Crippen LogP contribution < -0.4 is 5.32 Å². The van der Waals surface area contributed by atoms with Gasteiger partial charge in [0, 0.05) is 38.5 Å². The molecule has 2 heterocycles. The predicted octanol–water partition coefficient (Wildman–Crippen LogP) is 0.745. The van der Waals surface area contributed by atoms with Gasteiger partial charge in [0.25, 0.3) is 10.0 Å². The highest BCUT2D eigenvalue weighted by molar-refractivity contribution is 7.89. The number of pyridine rings is 1. The largest absolute Gasteiger partial charge is 0.380 e. The van der Waals surface area contributed by atoms with Crippen LogP contribution in [0.5, 0.6) is 0 Å². The van der Waals surface area contributed by atoms with E-state index in [1.807, 2.05) is 6.07 Å². The van der Waals surface area contributed by atoms with Crippen LogP contribution in [0.2, 0.25) is 0 Å². The average Bonchev–Trinajstić information content (AvgIpc) is 3.32. The highest BCUT2D eigenvalue weighted by atomic mass is 32.2. The normalized spacial score (nSPS) is 21.1. The molecule has 0 amide bonds. The first kappa shape index (κ1) is 14.9. The summed E-state index contributed by atoms with van der Waals surface area (Å²) in [7, 11) is -3.50. The Balaban J connectivity index is 1.68. The zero-order chi connectivity index (χ0) is 14.7. The summed E-state index contributed by atoms with van der Waals surface area (Å²) in [5.74, 6) is 0. The molecule has 1 saturated carbocycles. The zero-order valence-corrected chi connectivity index (χ0v) is 12.8. The third kappa shape index (κ3) is 3.79. The minimum atomic E-state index is -3.50. The fourth-order valence-corrected chi connectivity index (χ4v) is 3.69. The van der Waals surface area contributed by atoms with Crippen LogP contribution in [-0.2, 0) is 21.3 Å². The number of ether oxygens (including phenoxy) is 1. The van der Waals surface area contributed by atoms with Gasteiger partial charge in [0.15, 0.2) is 5.03 Å². The van der Waals surface area contributed by atoms with E-state index in [-0.39, 0.29) is 5.03 Å². The van der Waals surface area contributed by atoms with Gasteiger partial charge in [-0.1, -0.05) is 6.07 Å². The third-order valence-electron chi connectivity index (χ3n) is 3.76. The van der Waals surface area contributed by atoms with E-state index in [0.717, 1.165) is 18.5 Å². The number of nitrogens with zero attached hydrogens (tertiary/aromatic N) is 2. The SMILES string of the molecule is O=S(=O)(c1ccc(CNC2CC2)cn1)N1CCCOCC1. The van der Waals surface area contributed by atoms with E-state index >= 15 is 0 Å². The minimum Gasteiger partial charge on any atom is -0.380 e. The molecule has 6 nitrogen and oxygen atoms in total. The second kappa shape index (κ2) is 6.39. The van der Waals surface area contributed by atoms with Crippen molar-refractivity contribution in [3.63, 3.8) is 0 Å². The van der Waals surface area contributed by atoms with Gasteiger partial charge in [-0.05, 0) is 30.9 Å². The van der Waals surface area contributed by atoms with E-state index in [1.165, 1.54) is 17.1 Å². The number of sulfonamides is 1. The molecule has 0 unspecified atom stereocenters. The summed E-state index contributed by atoms with van der Waals surface area (Å²) in [6.45, 7) is 2.70. The fraction of sp³-hybridized carbons (Fsp3) is 0.643. The zero-order valence-electron chi connectivity index (χ0n) is 12.0. The van der Waals surface area contributed by atoms with Crippen molar-refractivity contribution in [1.29, 1.82) is 0 Å². The molecule has 116 valence electrons. The lowest BCUT2D eigenvalue weighted by atomic mass is 10.3. The van der Waals surface area contributed by atoms with E-state index in [9.17, 15) is 8.42 Å². The topological polar surface area (TPSA) is 71.5 Å². The van der Waals surface area contributed by atoms with Crippen molar-refractivity contribution >= 4 is 10.0 Å². The highest BCUT2D eigenvalue weighted by Crippen LogP contribution is 2.20. The lowest BCUT2D eigenvalue weighted by molar-refractivity contribution is 0.148. The van der Waals surface area contributed by atoms with Gasteiger partial charge in [0.1, 0.15) is 0 Å². The maximum absolute atomic E-state index is 12.5. The van der Waals surface area contributed by atoms with Gasteiger partial charge in [-0.3, -0.25) is 0 Å². The minimum absolute atomic E-state index is 0.125. The summed E-state index contributed by atoms with van der Waals surface area (Å²) in [6, 6.07) is 4.07. The van der Waals surface area contributed by atoms with E-state index < -0.39 is 10.0 Å². The Kier molecular flexibility index (Phi) is 4.54. The number of hydrogen-bond donors (Lipinski definition) is 1. The molecule has 1 aromatic heterocycles. The van der Waals surface area contributed by atoms with E-state index in [4.69, 9.17) is 4.74 Å². The number of hydrogen-bond acceptors (Lipinski definition) is 5. The number of nitrogens with one attached hydrogen (secondary N) is 1. The smallest absolute Gasteiger partial charge is 0.260 e. The van der Waals surface area contributed by atoms with E-state index in [2.05, 4.69) is 10.3 Å². The Morgan fingerprint density at radius 1 is 1.29 bits per heavy atom. The van der Waals surface area contributed by atoms with E-state index in [0.29, 0.717) is 32.3 Å². The van der Waals surface area contributed by atoms with Crippen molar-refractivity contribution in [2.24, 2.45) is 0 Å². The molecule has 0 spiro atoms. The summed E-state index contributed by atoms with van der Waals surface area (Å²) in [6.07, 6.45) is 4.84. The lowest BCUT2D eigenvalue weighted by Crippen LogP contribution is -2.33. The predicted molar refractivity (Wildman–Crippen MR) is 78.3 cm³/mol. The van der Waals surface area contributed by atoms with Crippen LogP contribution in [-0.4, -0.2) is 50.1 Å². The summed E-state index contributed by atoms with van der Waals surface area (Å²) in [5, 5.41) is 3.51. The molecule has 1 saturated heterocycles. The molecular formula is C14H21N3O3S. The second-order valence-corrected chi connectivity index (χ2v) is 7.41. The maximum atomic E-state index is 12.5. The Bertz CT molecular complexity index is 562. The first-order valence-corrected chi connectivity index (χ1v) is 8.86. The first-order valence-electron chi connectivity index (χ1n) is 7.42. The standard InChI is InChI=1S/C14H21N3O3S/c18-21(19,17-6-1-8-20-9-7-17)14-5-2-12(11-16-14)10-15-13-3-4-13/h2,5,11,13,15H,1,3-4,6-10H2. The van der Waals surface area contributed by atoms with Crippen molar-refractivity contribution < 1.29 is 13.2 Å². The van der Waals surface area contributed by atoms with Gasteiger partial charge in [0.05, 0.1) is 6.61 Å². The number of aromatic nitrogens is 1. The van der Waals surface area contributed by atoms with Crippen molar-refractivity contribution in [3.05, 3.63) is 23.9 Å². The Labute approximate surface area is 125 Å². The monoisotopic (exact) mass is 311 g/mol. The van der Waals surface area contributed by atoms with Gasteiger partial charge in [-0.25, -0.2) is 13.4 Å². The molecular weight excluding hydrogens is 290 g/mol. The van der Waals surface area contributed by atoms with Crippen LogP contribution in [0.1, 0.15) is 24.8 Å². The molecule has 0 bridgehead atoms. The fourth-order valence-electron chi connectivity index (χ4n) is 2.31. The van der Waals surface area contributed by atoms with Gasteiger partial charge in [-0.15, -0.1) is 0 Å². The molecule has 0 radical (unpaired) electrons. The summed E-state index contributed by atoms with van der Waals surface area (Å²) >= 11 is 0. The summed E-state index contributed by atoms with van der Waals surface area (Å²) in [4.78, 5) is 4.14. The van der Waals surface area contributed by atoms with Crippen LogP contribution in [0.4, 0.5) is 0 Å². The van der Waals surface area contributed by atoms with Crippen molar-refractivity contribution in [2.75, 3.05) is 26.3 Å². The van der Waals surface area contributed by atoms with Crippen LogP contribution >= 0.6 is 0 Å². The van der Waals surface area contributed by atoms with Gasteiger partial charge >= 0.3 is 0 Å². The molecule has 1 aliphatic heterocycles. The molecule has 1 N–H and O–H groups in total. The van der Waals surface area contributed by atoms with Gasteiger partial charge < -0.3 is 10.1 Å². The van der Waals surface area contributed by atoms with E-state index in [1.54, 1.807) is 12.3 Å². The van der Waals surface area contributed by atoms with Crippen LogP contribution in [0.3, 0.4) is 0 Å². The maximum Gasteiger partial charge on any atom is 0.260 e. The number of rotatable bonds is 5. The summed E-state index contributed by atoms with van der Waals surface area (Å²) in [5.41, 5.74) is 1.01. The van der Waals surface area contributed by atoms with Gasteiger partial charge in [0.2, 0.25) is 0 Å². The molecule has 7 heteroatoms. The lowest BCUT2D eigenvalue weighted by Gasteiger charge is -2.18. The Morgan fingerprint density at radius 2 is 2.14 bits per heavy atom. The molecule has 0 atom stereocenters. The first-order chi connectivity index (χ1) is 10.2. The Morgan fingerprint density at radius 3 is 2.86 bits per heavy atom. The molecule has 1 aromatic rings. The molecule has 2 aliphatic rings. The Hall–Kier alpha value is -1.02. The van der Waals surface area contributed by atoms with Gasteiger partial charge in [-0.2, -0.15) is 4.31 Å². The second-order valence-electron chi connectivity index (χ2n) is 5.53. The van der Waals surface area contributed by atoms with Crippen molar-refractivity contribution in [2.45, 2.75) is 36.9 Å². The van der Waals surface area contributed by atoms with Crippen molar-refractivity contribution in [3.8, 4) is 0 Å². The quantitative estimate of drug-likeness (QED) is 0.868. The molecule has 0 aromatic carbocycles. The highest BCUT2D eigenvalue weighted by Gasteiger charge is 2.26. The molecule has 1 aliphatic carbocycles. The van der Waals surface area contributed by atoms with Crippen LogP contribution in [0.25, 0.3) is 0 Å². The molecule has 3 rings (SSSR count).